The van der Waals surface area contributed by atoms with Crippen molar-refractivity contribution < 1.29 is 4.79 Å². The van der Waals surface area contributed by atoms with Crippen molar-refractivity contribution in [2.24, 2.45) is 0 Å². The molecular formula is C10H16N2OS. The molecule has 1 amide bonds. The largest absolute Gasteiger partial charge is 0.348 e. The van der Waals surface area contributed by atoms with Crippen LogP contribution in [0.1, 0.15) is 48.3 Å². The van der Waals surface area contributed by atoms with E-state index in [2.05, 4.69) is 24.1 Å². The van der Waals surface area contributed by atoms with E-state index in [4.69, 9.17) is 0 Å². The van der Waals surface area contributed by atoms with E-state index in [0.717, 1.165) is 4.88 Å². The van der Waals surface area contributed by atoms with Crippen LogP contribution < -0.4 is 5.32 Å². The minimum Gasteiger partial charge on any atom is -0.348 e. The quantitative estimate of drug-likeness (QED) is 0.836. The summed E-state index contributed by atoms with van der Waals surface area (Å²) in [4.78, 5) is 16.8. The summed E-state index contributed by atoms with van der Waals surface area (Å²) in [5.74, 6) is 0.366. The summed E-state index contributed by atoms with van der Waals surface area (Å²) in [5, 5.41) is 3.38. The van der Waals surface area contributed by atoms with Gasteiger partial charge in [0.25, 0.3) is 5.91 Å². The summed E-state index contributed by atoms with van der Waals surface area (Å²) in [6.07, 6.45) is 1.78. The highest BCUT2D eigenvalue weighted by atomic mass is 32.1. The normalized spacial score (nSPS) is 11.0. The number of carbonyl (C=O) groups is 1. The fraction of sp³-hybridized carbons (Fsp3) is 0.600. The number of aromatic nitrogens is 1. The molecule has 78 valence electrons. The second-order valence-electron chi connectivity index (χ2n) is 3.85. The number of hydrogen-bond donors (Lipinski definition) is 1. The zero-order valence-electron chi connectivity index (χ0n) is 9.00. The third kappa shape index (κ3) is 2.80. The van der Waals surface area contributed by atoms with Gasteiger partial charge in [0.1, 0.15) is 0 Å². The van der Waals surface area contributed by atoms with Crippen molar-refractivity contribution in [2.75, 3.05) is 0 Å². The zero-order valence-corrected chi connectivity index (χ0v) is 9.81. The van der Waals surface area contributed by atoms with Gasteiger partial charge in [-0.1, -0.05) is 13.8 Å². The first-order valence-electron chi connectivity index (χ1n) is 4.77. The molecule has 0 atom stereocenters. The van der Waals surface area contributed by atoms with Crippen LogP contribution in [-0.4, -0.2) is 16.9 Å². The highest BCUT2D eigenvalue weighted by Gasteiger charge is 2.12. The van der Waals surface area contributed by atoms with E-state index in [0.29, 0.717) is 10.9 Å². The van der Waals surface area contributed by atoms with Crippen LogP contribution in [0.2, 0.25) is 0 Å². The average Bonchev–Trinajstić information content (AvgIpc) is 2.50. The fourth-order valence-corrected chi connectivity index (χ4v) is 1.80. The van der Waals surface area contributed by atoms with E-state index in [1.54, 1.807) is 6.20 Å². The van der Waals surface area contributed by atoms with Gasteiger partial charge in [-0.05, 0) is 19.8 Å². The molecule has 0 saturated carbocycles. The van der Waals surface area contributed by atoms with Gasteiger partial charge in [0.05, 0.1) is 0 Å². The Morgan fingerprint density at radius 3 is 2.50 bits per heavy atom. The smallest absolute Gasteiger partial charge is 0.280 e. The lowest BCUT2D eigenvalue weighted by atomic mass is 10.2. The minimum atomic E-state index is -0.0723. The molecule has 0 aliphatic heterocycles. The Balaban J connectivity index is 2.71. The number of thiazole rings is 1. The van der Waals surface area contributed by atoms with Crippen molar-refractivity contribution in [3.63, 3.8) is 0 Å². The number of nitrogens with zero attached hydrogens (tertiary/aromatic N) is 1. The zero-order chi connectivity index (χ0) is 10.7. The first-order chi connectivity index (χ1) is 6.50. The van der Waals surface area contributed by atoms with Crippen molar-refractivity contribution >= 4 is 17.2 Å². The van der Waals surface area contributed by atoms with Crippen molar-refractivity contribution in [3.8, 4) is 0 Å². The van der Waals surface area contributed by atoms with E-state index in [1.807, 2.05) is 13.8 Å². The molecule has 1 N–H and O–H groups in total. The Kier molecular flexibility index (Phi) is 3.63. The molecule has 0 radical (unpaired) electrons. The molecule has 1 heterocycles. The van der Waals surface area contributed by atoms with Gasteiger partial charge in [-0.3, -0.25) is 4.79 Å². The molecule has 1 rings (SSSR count). The molecule has 1 aromatic heterocycles. The Bertz CT molecular complexity index is 318. The van der Waals surface area contributed by atoms with Crippen LogP contribution in [-0.2, 0) is 0 Å². The van der Waals surface area contributed by atoms with Crippen LogP contribution in [0.4, 0.5) is 0 Å². The Labute approximate surface area is 88.6 Å². The molecule has 0 aliphatic carbocycles. The Hall–Kier alpha value is -0.900. The molecular weight excluding hydrogens is 196 g/mol. The summed E-state index contributed by atoms with van der Waals surface area (Å²) in [6, 6.07) is 0.161. The van der Waals surface area contributed by atoms with Crippen LogP contribution in [0.3, 0.4) is 0 Å². The van der Waals surface area contributed by atoms with E-state index < -0.39 is 0 Å². The van der Waals surface area contributed by atoms with Gasteiger partial charge in [0.2, 0.25) is 0 Å². The van der Waals surface area contributed by atoms with Gasteiger partial charge in [0, 0.05) is 17.1 Å². The SMILES string of the molecule is CC(C)NC(=O)c1ncc(C(C)C)s1. The standard InChI is InChI=1S/C10H16N2OS/c1-6(2)8-5-11-10(14-8)9(13)12-7(3)4/h5-7H,1-4H3,(H,12,13). The molecule has 0 unspecified atom stereocenters. The van der Waals surface area contributed by atoms with Gasteiger partial charge in [-0.25, -0.2) is 4.98 Å². The molecule has 0 spiro atoms. The van der Waals surface area contributed by atoms with Crippen molar-refractivity contribution in [2.45, 2.75) is 39.7 Å². The number of rotatable bonds is 3. The highest BCUT2D eigenvalue weighted by Crippen LogP contribution is 2.21. The second kappa shape index (κ2) is 4.55. The van der Waals surface area contributed by atoms with E-state index in [1.165, 1.54) is 11.3 Å². The molecule has 0 fully saturated rings. The second-order valence-corrected chi connectivity index (χ2v) is 4.91. The molecule has 14 heavy (non-hydrogen) atoms. The fourth-order valence-electron chi connectivity index (χ4n) is 0.982. The lowest BCUT2D eigenvalue weighted by molar-refractivity contribution is 0.0943. The van der Waals surface area contributed by atoms with Gasteiger partial charge >= 0.3 is 0 Å². The number of carbonyl (C=O) groups excluding carboxylic acids is 1. The predicted octanol–water partition coefficient (Wildman–Crippen LogP) is 2.40. The summed E-state index contributed by atoms with van der Waals surface area (Å²) in [5.41, 5.74) is 0. The lowest BCUT2D eigenvalue weighted by Gasteiger charge is -2.05. The summed E-state index contributed by atoms with van der Waals surface area (Å²) < 4.78 is 0. The third-order valence-corrected chi connectivity index (χ3v) is 3.00. The third-order valence-electron chi connectivity index (χ3n) is 1.71. The maximum Gasteiger partial charge on any atom is 0.280 e. The maximum atomic E-state index is 11.5. The van der Waals surface area contributed by atoms with Crippen LogP contribution >= 0.6 is 11.3 Å². The maximum absolute atomic E-state index is 11.5. The molecule has 4 heteroatoms. The van der Waals surface area contributed by atoms with Crippen LogP contribution in [0.25, 0.3) is 0 Å². The van der Waals surface area contributed by atoms with Crippen molar-refractivity contribution in [1.29, 1.82) is 0 Å². The van der Waals surface area contributed by atoms with Gasteiger partial charge < -0.3 is 5.32 Å². The molecule has 0 saturated heterocycles. The topological polar surface area (TPSA) is 42.0 Å². The summed E-state index contributed by atoms with van der Waals surface area (Å²) >= 11 is 1.47. The van der Waals surface area contributed by atoms with Crippen LogP contribution in [0.5, 0.6) is 0 Å². The summed E-state index contributed by atoms with van der Waals surface area (Å²) in [6.45, 7) is 8.07. The Morgan fingerprint density at radius 1 is 1.43 bits per heavy atom. The number of nitrogens with one attached hydrogen (secondary N) is 1. The van der Waals surface area contributed by atoms with Crippen molar-refractivity contribution in [1.82, 2.24) is 10.3 Å². The first kappa shape index (κ1) is 11.2. The van der Waals surface area contributed by atoms with Crippen LogP contribution in [0, 0.1) is 0 Å². The number of hydrogen-bond acceptors (Lipinski definition) is 3. The number of amides is 1. The first-order valence-corrected chi connectivity index (χ1v) is 5.59. The molecule has 0 bridgehead atoms. The van der Waals surface area contributed by atoms with Gasteiger partial charge in [-0.2, -0.15) is 0 Å². The monoisotopic (exact) mass is 212 g/mol. The van der Waals surface area contributed by atoms with E-state index >= 15 is 0 Å². The predicted molar refractivity (Wildman–Crippen MR) is 58.8 cm³/mol. The van der Waals surface area contributed by atoms with Crippen molar-refractivity contribution in [3.05, 3.63) is 16.1 Å². The summed E-state index contributed by atoms with van der Waals surface area (Å²) in [7, 11) is 0. The minimum absolute atomic E-state index is 0.0723. The van der Waals surface area contributed by atoms with Gasteiger partial charge in [0.15, 0.2) is 5.01 Å². The molecule has 0 aliphatic rings. The van der Waals surface area contributed by atoms with E-state index in [-0.39, 0.29) is 11.9 Å². The van der Waals surface area contributed by atoms with Crippen LogP contribution in [0.15, 0.2) is 6.20 Å². The molecule has 0 aromatic carbocycles. The molecule has 1 aromatic rings. The van der Waals surface area contributed by atoms with E-state index in [9.17, 15) is 4.79 Å². The highest BCUT2D eigenvalue weighted by molar-refractivity contribution is 7.13. The lowest BCUT2D eigenvalue weighted by Crippen LogP contribution is -2.29. The Morgan fingerprint density at radius 2 is 2.07 bits per heavy atom. The van der Waals surface area contributed by atoms with Gasteiger partial charge in [-0.15, -0.1) is 11.3 Å². The molecule has 3 nitrogen and oxygen atoms in total. The average molecular weight is 212 g/mol.